The molecular formula is C22H27N3O5. The van der Waals surface area contributed by atoms with Gasteiger partial charge < -0.3 is 26.1 Å². The van der Waals surface area contributed by atoms with Crippen molar-refractivity contribution in [2.75, 3.05) is 7.11 Å². The number of hydrogen-bond donors (Lipinski definition) is 4. The lowest BCUT2D eigenvalue weighted by atomic mass is 10.0. The van der Waals surface area contributed by atoms with Gasteiger partial charge in [-0.3, -0.25) is 9.59 Å². The van der Waals surface area contributed by atoms with Crippen molar-refractivity contribution >= 4 is 18.1 Å². The number of unbranched alkanes of at least 4 members (excludes halogenated alkanes) is 1. The Kier molecular flexibility index (Phi) is 8.68. The number of rotatable bonds is 11. The van der Waals surface area contributed by atoms with E-state index >= 15 is 0 Å². The fourth-order valence-corrected chi connectivity index (χ4v) is 3.10. The van der Waals surface area contributed by atoms with Crippen LogP contribution in [0.1, 0.15) is 48.4 Å². The minimum atomic E-state index is -1.07. The number of phenolic OH excluding ortho intramolecular Hbond substituents is 1. The monoisotopic (exact) mass is 413 g/mol. The number of ether oxygens (including phenoxy) is 1. The molecule has 1 amide bonds. The number of benzene rings is 2. The molecule has 2 aromatic rings. The maximum absolute atomic E-state index is 12.3. The summed E-state index contributed by atoms with van der Waals surface area (Å²) < 4.78 is 5.04. The fraction of sp³-hybridized carbons (Fsp3) is 0.318. The van der Waals surface area contributed by atoms with Gasteiger partial charge in [0.25, 0.3) is 0 Å². The van der Waals surface area contributed by atoms with Gasteiger partial charge in [0.05, 0.1) is 25.8 Å². The maximum atomic E-state index is 12.3. The van der Waals surface area contributed by atoms with Gasteiger partial charge in [-0.05, 0) is 42.5 Å². The molecule has 1 atom stereocenters. The van der Waals surface area contributed by atoms with Crippen molar-refractivity contribution in [2.45, 2.75) is 38.1 Å². The first-order valence-corrected chi connectivity index (χ1v) is 9.63. The first-order chi connectivity index (χ1) is 14.4. The molecule has 0 radical (unpaired) electrons. The Morgan fingerprint density at radius 1 is 1.20 bits per heavy atom. The van der Waals surface area contributed by atoms with E-state index in [-0.39, 0.29) is 24.5 Å². The number of aromatic hydroxyl groups is 1. The Bertz CT molecular complexity index is 881. The first kappa shape index (κ1) is 22.7. The highest BCUT2D eigenvalue weighted by atomic mass is 16.5. The molecule has 0 fully saturated rings. The van der Waals surface area contributed by atoms with Crippen LogP contribution in [0.4, 0.5) is 0 Å². The van der Waals surface area contributed by atoms with E-state index in [1.54, 1.807) is 18.3 Å². The largest absolute Gasteiger partial charge is 0.507 e. The molecule has 30 heavy (non-hydrogen) atoms. The number of carboxylic acids is 1. The highest BCUT2D eigenvalue weighted by Gasteiger charge is 2.21. The molecule has 5 N–H and O–H groups in total. The number of aryl methyl sites for hydroxylation is 1. The molecule has 0 aliphatic heterocycles. The third-order valence-corrected chi connectivity index (χ3v) is 4.65. The average Bonchev–Trinajstić information content (AvgIpc) is 2.71. The number of hydrazone groups is 1. The van der Waals surface area contributed by atoms with Gasteiger partial charge in [-0.2, -0.15) is 5.10 Å². The van der Waals surface area contributed by atoms with Crippen LogP contribution in [0.5, 0.6) is 11.5 Å². The Hall–Kier alpha value is -3.55. The summed E-state index contributed by atoms with van der Waals surface area (Å²) in [4.78, 5) is 23.5. The summed E-state index contributed by atoms with van der Waals surface area (Å²) in [6.45, 7) is 0. The van der Waals surface area contributed by atoms with E-state index in [1.807, 2.05) is 24.3 Å². The quantitative estimate of drug-likeness (QED) is 0.194. The summed E-state index contributed by atoms with van der Waals surface area (Å²) in [7, 11) is 1.47. The predicted octanol–water partition coefficient (Wildman–Crippen LogP) is 2.74. The zero-order valence-electron chi connectivity index (χ0n) is 16.9. The molecule has 0 saturated carbocycles. The van der Waals surface area contributed by atoms with Gasteiger partial charge in [-0.15, -0.1) is 0 Å². The molecule has 8 heteroatoms. The Morgan fingerprint density at radius 3 is 2.53 bits per heavy atom. The van der Waals surface area contributed by atoms with Crippen molar-refractivity contribution in [1.29, 1.82) is 0 Å². The Balaban J connectivity index is 1.87. The second-order valence-corrected chi connectivity index (χ2v) is 6.87. The highest BCUT2D eigenvalue weighted by molar-refractivity contribution is 5.79. The van der Waals surface area contributed by atoms with Gasteiger partial charge in [0, 0.05) is 18.1 Å². The van der Waals surface area contributed by atoms with E-state index in [1.165, 1.54) is 13.2 Å². The second-order valence-electron chi connectivity index (χ2n) is 6.87. The van der Waals surface area contributed by atoms with Crippen LogP contribution in [0.2, 0.25) is 0 Å². The molecule has 8 nitrogen and oxygen atoms in total. The van der Waals surface area contributed by atoms with Gasteiger partial charge in [-0.25, -0.2) is 0 Å². The minimum Gasteiger partial charge on any atom is -0.507 e. The van der Waals surface area contributed by atoms with Crippen LogP contribution < -0.4 is 15.9 Å². The molecule has 2 aromatic carbocycles. The molecule has 0 bridgehead atoms. The molecule has 1 unspecified atom stereocenters. The highest BCUT2D eigenvalue weighted by Crippen LogP contribution is 2.30. The van der Waals surface area contributed by atoms with Crippen LogP contribution in [0, 0.1) is 0 Å². The summed E-state index contributed by atoms with van der Waals surface area (Å²) >= 11 is 0. The summed E-state index contributed by atoms with van der Waals surface area (Å²) in [5, 5.41) is 25.5. The van der Waals surface area contributed by atoms with E-state index in [9.17, 15) is 19.8 Å². The number of amides is 1. The zero-order valence-corrected chi connectivity index (χ0v) is 16.9. The Morgan fingerprint density at radius 2 is 1.93 bits per heavy atom. The molecule has 160 valence electrons. The number of phenols is 1. The molecule has 0 spiro atoms. The number of carbonyl (C=O) groups is 2. The predicted molar refractivity (Wildman–Crippen MR) is 114 cm³/mol. The van der Waals surface area contributed by atoms with Crippen molar-refractivity contribution < 1.29 is 24.5 Å². The van der Waals surface area contributed by atoms with Gasteiger partial charge in [-0.1, -0.05) is 24.3 Å². The smallest absolute Gasteiger partial charge is 0.305 e. The van der Waals surface area contributed by atoms with Crippen LogP contribution >= 0.6 is 0 Å². The van der Waals surface area contributed by atoms with Crippen molar-refractivity contribution in [3.05, 3.63) is 59.2 Å². The van der Waals surface area contributed by atoms with E-state index in [4.69, 9.17) is 10.6 Å². The summed E-state index contributed by atoms with van der Waals surface area (Å²) in [6.07, 6.45) is 3.81. The number of carbonyl (C=O) groups excluding carboxylic acids is 1. The van der Waals surface area contributed by atoms with Crippen molar-refractivity contribution in [2.24, 2.45) is 10.9 Å². The lowest BCUT2D eigenvalue weighted by Gasteiger charge is -2.19. The van der Waals surface area contributed by atoms with Gasteiger partial charge in [0.15, 0.2) is 0 Å². The summed E-state index contributed by atoms with van der Waals surface area (Å²) in [5.74, 6) is 4.12. The lowest BCUT2D eigenvalue weighted by molar-refractivity contribution is -0.137. The number of nitrogens with two attached hydrogens (primary N) is 1. The lowest BCUT2D eigenvalue weighted by Crippen LogP contribution is -2.30. The number of aliphatic carboxylic acids is 1. The number of hydrogen-bond acceptors (Lipinski definition) is 6. The van der Waals surface area contributed by atoms with E-state index < -0.39 is 12.0 Å². The third-order valence-electron chi connectivity index (χ3n) is 4.65. The normalized spacial score (nSPS) is 11.9. The average molecular weight is 413 g/mol. The summed E-state index contributed by atoms with van der Waals surface area (Å²) in [5.41, 5.74) is 2.41. The fourth-order valence-electron chi connectivity index (χ4n) is 3.10. The molecule has 0 saturated heterocycles. The maximum Gasteiger partial charge on any atom is 0.305 e. The van der Waals surface area contributed by atoms with Crippen LogP contribution in [-0.4, -0.2) is 35.4 Å². The molecule has 0 aliphatic rings. The molecule has 0 heterocycles. The number of carboxylic acid groups (broad SMARTS) is 1. The van der Waals surface area contributed by atoms with E-state index in [0.717, 1.165) is 24.0 Å². The molecule has 0 aliphatic carbocycles. The number of methoxy groups -OCH3 is 1. The topological polar surface area (TPSA) is 134 Å². The van der Waals surface area contributed by atoms with E-state index in [2.05, 4.69) is 10.4 Å². The third kappa shape index (κ3) is 7.12. The molecule has 2 rings (SSSR count). The van der Waals surface area contributed by atoms with E-state index in [0.29, 0.717) is 17.7 Å². The van der Waals surface area contributed by atoms with Gasteiger partial charge >= 0.3 is 5.97 Å². The second kappa shape index (κ2) is 11.5. The minimum absolute atomic E-state index is 0.121. The van der Waals surface area contributed by atoms with Crippen LogP contribution in [0.15, 0.2) is 47.6 Å². The zero-order chi connectivity index (χ0) is 21.9. The van der Waals surface area contributed by atoms with Crippen LogP contribution in [0.3, 0.4) is 0 Å². The number of nitrogens with one attached hydrogen (secondary N) is 1. The first-order valence-electron chi connectivity index (χ1n) is 9.63. The van der Waals surface area contributed by atoms with Crippen molar-refractivity contribution in [3.8, 4) is 11.5 Å². The molecule has 0 aromatic heterocycles. The Labute approximate surface area is 175 Å². The van der Waals surface area contributed by atoms with Crippen LogP contribution in [-0.2, 0) is 16.0 Å². The SMILES string of the molecule is COc1ccc(C(CC(=O)O)NC(=O)CCCCc2ccc(C=NN)cc2)c(O)c1. The summed E-state index contributed by atoms with van der Waals surface area (Å²) in [6, 6.07) is 11.6. The van der Waals surface area contributed by atoms with Gasteiger partial charge in [0.1, 0.15) is 11.5 Å². The van der Waals surface area contributed by atoms with Gasteiger partial charge in [0.2, 0.25) is 5.91 Å². The van der Waals surface area contributed by atoms with Crippen molar-refractivity contribution in [1.82, 2.24) is 5.32 Å². The van der Waals surface area contributed by atoms with Crippen molar-refractivity contribution in [3.63, 3.8) is 0 Å². The molecular weight excluding hydrogens is 386 g/mol. The van der Waals surface area contributed by atoms with Crippen LogP contribution in [0.25, 0.3) is 0 Å². The standard InChI is InChI=1S/C22H27N3O5/c1-30-17-10-11-18(20(26)12-17)19(13-22(28)29)25-21(27)5-3-2-4-15-6-8-16(9-7-15)14-24-23/h6-12,14,19,26H,2-5,13,23H2,1H3,(H,25,27)(H,28,29). The number of nitrogens with zero attached hydrogens (tertiary/aromatic N) is 1.